The van der Waals surface area contributed by atoms with Gasteiger partial charge in [0.25, 0.3) is 0 Å². The molecule has 4 aromatic carbocycles. The van der Waals surface area contributed by atoms with Crippen LogP contribution in [0.25, 0.3) is 33.4 Å². The van der Waals surface area contributed by atoms with Crippen LogP contribution in [0, 0.1) is 0 Å². The molecule has 0 heterocycles. The molecule has 31 heavy (non-hydrogen) atoms. The molecule has 0 bridgehead atoms. The van der Waals surface area contributed by atoms with Crippen molar-refractivity contribution in [3.05, 3.63) is 106 Å². The van der Waals surface area contributed by atoms with Crippen molar-refractivity contribution in [2.45, 2.75) is 6.92 Å². The molecule has 0 atom stereocenters. The zero-order chi connectivity index (χ0) is 21.8. The zero-order valence-corrected chi connectivity index (χ0v) is 20.1. The Kier molecular flexibility index (Phi) is 6.69. The van der Waals surface area contributed by atoms with Crippen molar-refractivity contribution < 1.29 is 9.53 Å². The van der Waals surface area contributed by atoms with Gasteiger partial charge in [-0.15, -0.1) is 0 Å². The summed E-state index contributed by atoms with van der Waals surface area (Å²) < 4.78 is 7.53. The highest BCUT2D eigenvalue weighted by atomic mass is 79.9. The van der Waals surface area contributed by atoms with Crippen LogP contribution in [0.15, 0.2) is 99.9 Å². The Morgan fingerprint density at radius 2 is 1.19 bits per heavy atom. The average Bonchev–Trinajstić information content (AvgIpc) is 2.80. The maximum absolute atomic E-state index is 13.3. The van der Waals surface area contributed by atoms with Gasteiger partial charge in [0.2, 0.25) is 0 Å². The van der Waals surface area contributed by atoms with Crippen LogP contribution in [0.5, 0.6) is 0 Å². The number of carbonyl (C=O) groups excluding carboxylic acids is 1. The summed E-state index contributed by atoms with van der Waals surface area (Å²) in [6.45, 7) is 2.15. The van der Waals surface area contributed by atoms with Gasteiger partial charge in [-0.2, -0.15) is 0 Å². The van der Waals surface area contributed by atoms with Gasteiger partial charge in [-0.1, -0.05) is 98.6 Å². The van der Waals surface area contributed by atoms with E-state index in [0.717, 1.165) is 42.3 Å². The molecule has 0 aromatic heterocycles. The Hall–Kier alpha value is -2.69. The quantitative estimate of drug-likeness (QED) is 0.240. The highest BCUT2D eigenvalue weighted by molar-refractivity contribution is 9.10. The van der Waals surface area contributed by atoms with E-state index in [1.807, 2.05) is 79.7 Å². The number of benzene rings is 4. The van der Waals surface area contributed by atoms with Gasteiger partial charge in [-0.05, 0) is 59.0 Å². The van der Waals surface area contributed by atoms with Crippen molar-refractivity contribution in [3.8, 4) is 33.4 Å². The lowest BCUT2D eigenvalue weighted by atomic mass is 9.85. The second-order valence-electron chi connectivity index (χ2n) is 7.01. The molecule has 0 radical (unpaired) electrons. The van der Waals surface area contributed by atoms with E-state index in [9.17, 15) is 4.79 Å². The van der Waals surface area contributed by atoms with Gasteiger partial charge >= 0.3 is 5.97 Å². The third kappa shape index (κ3) is 4.65. The molecule has 4 rings (SSSR count). The number of halogens is 2. The summed E-state index contributed by atoms with van der Waals surface area (Å²) in [6.07, 6.45) is 0. The average molecular weight is 536 g/mol. The van der Waals surface area contributed by atoms with Crippen LogP contribution in [-0.4, -0.2) is 12.6 Å². The first-order valence-electron chi connectivity index (χ1n) is 10.00. The molecule has 0 aliphatic carbocycles. The van der Waals surface area contributed by atoms with Gasteiger partial charge in [-0.25, -0.2) is 4.79 Å². The van der Waals surface area contributed by atoms with Gasteiger partial charge in [0.05, 0.1) is 12.2 Å². The predicted molar refractivity (Wildman–Crippen MR) is 134 cm³/mol. The SMILES string of the molecule is CCOC(=O)c1c(-c2ccc(Br)cc2)ccc(-c2ccc(Br)cc2)c1-c1ccccc1. The van der Waals surface area contributed by atoms with Gasteiger partial charge in [0.1, 0.15) is 0 Å². The predicted octanol–water partition coefficient (Wildman–Crippen LogP) is 8.39. The maximum atomic E-state index is 13.3. The molecule has 0 saturated carbocycles. The lowest BCUT2D eigenvalue weighted by Gasteiger charge is -2.19. The van der Waals surface area contributed by atoms with Gasteiger partial charge in [-0.3, -0.25) is 0 Å². The van der Waals surface area contributed by atoms with E-state index in [2.05, 4.69) is 50.1 Å². The number of ether oxygens (including phenoxy) is 1. The van der Waals surface area contributed by atoms with E-state index in [1.54, 1.807) is 0 Å². The van der Waals surface area contributed by atoms with Gasteiger partial charge in [0.15, 0.2) is 0 Å². The highest BCUT2D eigenvalue weighted by Gasteiger charge is 2.23. The summed E-state index contributed by atoms with van der Waals surface area (Å²) in [4.78, 5) is 13.3. The largest absolute Gasteiger partial charge is 0.462 e. The van der Waals surface area contributed by atoms with Crippen LogP contribution < -0.4 is 0 Å². The van der Waals surface area contributed by atoms with Crippen molar-refractivity contribution in [1.29, 1.82) is 0 Å². The standard InChI is InChI=1S/C27H20Br2O2/c1-2-31-27(30)26-24(19-10-14-22(29)15-11-19)17-16-23(18-8-12-21(28)13-9-18)25(26)20-6-4-3-5-7-20/h3-17H,2H2,1H3. The lowest BCUT2D eigenvalue weighted by Crippen LogP contribution is -2.09. The summed E-state index contributed by atoms with van der Waals surface area (Å²) in [5.74, 6) is -0.321. The topological polar surface area (TPSA) is 26.3 Å². The first-order chi connectivity index (χ1) is 15.1. The van der Waals surface area contributed by atoms with Crippen molar-refractivity contribution in [2.24, 2.45) is 0 Å². The third-order valence-corrected chi connectivity index (χ3v) is 6.12. The summed E-state index contributed by atoms with van der Waals surface area (Å²) in [5.41, 5.74) is 6.27. The molecule has 0 aliphatic heterocycles. The molecule has 2 nitrogen and oxygen atoms in total. The molecule has 0 spiro atoms. The zero-order valence-electron chi connectivity index (χ0n) is 16.9. The fraction of sp³-hybridized carbons (Fsp3) is 0.0741. The second kappa shape index (κ2) is 9.63. The number of hydrogen-bond donors (Lipinski definition) is 0. The van der Waals surface area contributed by atoms with Crippen LogP contribution in [-0.2, 0) is 4.74 Å². The molecule has 0 saturated heterocycles. The highest BCUT2D eigenvalue weighted by Crippen LogP contribution is 2.41. The molecular formula is C27H20Br2O2. The molecular weight excluding hydrogens is 516 g/mol. The van der Waals surface area contributed by atoms with E-state index in [1.165, 1.54) is 0 Å². The minimum absolute atomic E-state index is 0.315. The Labute approximate surface area is 199 Å². The third-order valence-electron chi connectivity index (χ3n) is 5.06. The molecule has 4 heteroatoms. The van der Waals surface area contributed by atoms with E-state index in [-0.39, 0.29) is 5.97 Å². The van der Waals surface area contributed by atoms with Gasteiger partial charge < -0.3 is 4.74 Å². The Balaban J connectivity index is 2.06. The molecule has 0 unspecified atom stereocenters. The number of carbonyl (C=O) groups is 1. The Bertz CT molecular complexity index is 1200. The monoisotopic (exact) mass is 534 g/mol. The smallest absolute Gasteiger partial charge is 0.339 e. The molecule has 4 aromatic rings. The van der Waals surface area contributed by atoms with Crippen molar-refractivity contribution in [1.82, 2.24) is 0 Å². The first-order valence-corrected chi connectivity index (χ1v) is 11.6. The van der Waals surface area contributed by atoms with Crippen LogP contribution in [0.2, 0.25) is 0 Å². The van der Waals surface area contributed by atoms with Gasteiger partial charge in [0, 0.05) is 14.5 Å². The van der Waals surface area contributed by atoms with E-state index in [4.69, 9.17) is 4.74 Å². The van der Waals surface area contributed by atoms with Crippen molar-refractivity contribution in [2.75, 3.05) is 6.61 Å². The lowest BCUT2D eigenvalue weighted by molar-refractivity contribution is 0.0528. The Morgan fingerprint density at radius 3 is 1.74 bits per heavy atom. The second-order valence-corrected chi connectivity index (χ2v) is 8.84. The molecule has 154 valence electrons. The minimum atomic E-state index is -0.321. The number of rotatable bonds is 5. The van der Waals surface area contributed by atoms with Crippen LogP contribution in [0.4, 0.5) is 0 Å². The molecule has 0 amide bonds. The summed E-state index contributed by atoms with van der Waals surface area (Å²) in [7, 11) is 0. The first kappa shape index (κ1) is 21.5. The van der Waals surface area contributed by atoms with E-state index in [0.29, 0.717) is 12.2 Å². The van der Waals surface area contributed by atoms with E-state index >= 15 is 0 Å². The van der Waals surface area contributed by atoms with Crippen molar-refractivity contribution in [3.63, 3.8) is 0 Å². The molecule has 0 N–H and O–H groups in total. The molecule has 0 fully saturated rings. The Morgan fingerprint density at radius 1 is 0.677 bits per heavy atom. The fourth-order valence-electron chi connectivity index (χ4n) is 3.66. The maximum Gasteiger partial charge on any atom is 0.339 e. The number of hydrogen-bond acceptors (Lipinski definition) is 2. The summed E-state index contributed by atoms with van der Waals surface area (Å²) in [5, 5.41) is 0. The minimum Gasteiger partial charge on any atom is -0.462 e. The normalized spacial score (nSPS) is 10.7. The van der Waals surface area contributed by atoms with Crippen LogP contribution in [0.3, 0.4) is 0 Å². The fourth-order valence-corrected chi connectivity index (χ4v) is 4.19. The summed E-state index contributed by atoms with van der Waals surface area (Å²) in [6, 6.07) is 30.2. The summed E-state index contributed by atoms with van der Waals surface area (Å²) >= 11 is 7.00. The van der Waals surface area contributed by atoms with Crippen LogP contribution >= 0.6 is 31.9 Å². The van der Waals surface area contributed by atoms with E-state index < -0.39 is 0 Å². The van der Waals surface area contributed by atoms with Crippen LogP contribution in [0.1, 0.15) is 17.3 Å². The molecule has 0 aliphatic rings. The van der Waals surface area contributed by atoms with Crippen molar-refractivity contribution >= 4 is 37.8 Å². The number of esters is 1.